The van der Waals surface area contributed by atoms with Gasteiger partial charge in [-0.3, -0.25) is 9.69 Å². The SMILES string of the molecule is CC(C)(C)CC(=O)CC1CCC(CCN2CCN(c3nccc4c3CCO4)CC2)CC1. The number of anilines is 1. The molecule has 0 radical (unpaired) electrons. The molecule has 1 aliphatic carbocycles. The zero-order chi connectivity index (χ0) is 21.8. The van der Waals surface area contributed by atoms with Crippen LogP contribution in [0, 0.1) is 17.3 Å². The van der Waals surface area contributed by atoms with Crippen molar-refractivity contribution in [2.24, 2.45) is 17.3 Å². The van der Waals surface area contributed by atoms with Gasteiger partial charge in [-0.15, -0.1) is 0 Å². The minimum absolute atomic E-state index is 0.128. The van der Waals surface area contributed by atoms with Crippen molar-refractivity contribution < 1.29 is 9.53 Å². The lowest BCUT2D eigenvalue weighted by molar-refractivity contribution is -0.121. The molecule has 1 aromatic heterocycles. The van der Waals surface area contributed by atoms with Crippen molar-refractivity contribution in [1.29, 1.82) is 0 Å². The average molecular weight is 428 g/mol. The van der Waals surface area contributed by atoms with E-state index < -0.39 is 0 Å². The number of nitrogens with zero attached hydrogens (tertiary/aromatic N) is 3. The molecule has 5 heteroatoms. The second kappa shape index (κ2) is 9.89. The predicted molar refractivity (Wildman–Crippen MR) is 126 cm³/mol. The molecule has 3 heterocycles. The average Bonchev–Trinajstić information content (AvgIpc) is 3.21. The molecule has 5 nitrogen and oxygen atoms in total. The molecule has 2 aliphatic heterocycles. The minimum atomic E-state index is 0.128. The van der Waals surface area contributed by atoms with E-state index in [1.807, 2.05) is 12.3 Å². The predicted octanol–water partition coefficient (Wildman–Crippen LogP) is 4.73. The smallest absolute Gasteiger partial charge is 0.135 e. The highest BCUT2D eigenvalue weighted by molar-refractivity contribution is 5.79. The number of fused-ring (bicyclic) bond motifs is 1. The molecule has 0 bridgehead atoms. The van der Waals surface area contributed by atoms with Crippen LogP contribution < -0.4 is 9.64 Å². The maximum atomic E-state index is 12.3. The number of aromatic nitrogens is 1. The first-order valence-corrected chi connectivity index (χ1v) is 12.5. The Balaban J connectivity index is 1.15. The van der Waals surface area contributed by atoms with Crippen LogP contribution in [0.5, 0.6) is 5.75 Å². The second-order valence-corrected chi connectivity index (χ2v) is 11.2. The van der Waals surface area contributed by atoms with Crippen molar-refractivity contribution in [1.82, 2.24) is 9.88 Å². The van der Waals surface area contributed by atoms with Crippen LogP contribution in [-0.2, 0) is 11.2 Å². The van der Waals surface area contributed by atoms with Crippen LogP contribution in [-0.4, -0.2) is 55.0 Å². The summed E-state index contributed by atoms with van der Waals surface area (Å²) in [6.07, 6.45) is 10.9. The van der Waals surface area contributed by atoms with E-state index in [0.717, 1.165) is 69.5 Å². The van der Waals surface area contributed by atoms with Crippen molar-refractivity contribution in [2.75, 3.05) is 44.2 Å². The van der Waals surface area contributed by atoms with E-state index in [0.29, 0.717) is 11.7 Å². The number of pyridine rings is 1. The Morgan fingerprint density at radius 2 is 1.81 bits per heavy atom. The monoisotopic (exact) mass is 427 g/mol. The van der Waals surface area contributed by atoms with Crippen molar-refractivity contribution in [3.05, 3.63) is 17.8 Å². The zero-order valence-corrected chi connectivity index (χ0v) is 19.9. The lowest BCUT2D eigenvalue weighted by Crippen LogP contribution is -2.47. The summed E-state index contributed by atoms with van der Waals surface area (Å²) in [7, 11) is 0. The molecule has 1 saturated carbocycles. The zero-order valence-electron chi connectivity index (χ0n) is 19.9. The molecule has 0 atom stereocenters. The molecule has 2 fully saturated rings. The largest absolute Gasteiger partial charge is 0.493 e. The van der Waals surface area contributed by atoms with Gasteiger partial charge < -0.3 is 9.64 Å². The fourth-order valence-corrected chi connectivity index (χ4v) is 5.63. The van der Waals surface area contributed by atoms with Gasteiger partial charge in [0, 0.05) is 57.2 Å². The number of hydrogen-bond donors (Lipinski definition) is 0. The molecule has 0 amide bonds. The summed E-state index contributed by atoms with van der Waals surface area (Å²) in [5, 5.41) is 0. The summed E-state index contributed by atoms with van der Waals surface area (Å²) < 4.78 is 5.71. The first-order valence-electron chi connectivity index (χ1n) is 12.5. The Labute approximate surface area is 188 Å². The van der Waals surface area contributed by atoms with Crippen LogP contribution in [0.1, 0.15) is 71.3 Å². The highest BCUT2D eigenvalue weighted by Crippen LogP contribution is 2.35. The molecule has 3 aliphatic rings. The molecule has 0 spiro atoms. The van der Waals surface area contributed by atoms with Crippen molar-refractivity contribution in [3.8, 4) is 5.75 Å². The molecule has 1 saturated heterocycles. The number of carbonyl (C=O) groups excluding carboxylic acids is 1. The topological polar surface area (TPSA) is 45.7 Å². The maximum absolute atomic E-state index is 12.3. The van der Waals surface area contributed by atoms with E-state index in [-0.39, 0.29) is 5.41 Å². The second-order valence-electron chi connectivity index (χ2n) is 11.2. The number of Topliss-reactive ketones (excluding diaryl/α,β-unsaturated/α-hetero) is 1. The molecule has 172 valence electrons. The Hall–Kier alpha value is -1.62. The third-order valence-corrected chi connectivity index (χ3v) is 7.34. The van der Waals surface area contributed by atoms with Gasteiger partial charge >= 0.3 is 0 Å². The van der Waals surface area contributed by atoms with E-state index in [1.54, 1.807) is 0 Å². The number of piperazine rings is 1. The highest BCUT2D eigenvalue weighted by atomic mass is 16.5. The van der Waals surface area contributed by atoms with Crippen molar-refractivity contribution in [2.45, 2.75) is 72.1 Å². The Bertz CT molecular complexity index is 742. The van der Waals surface area contributed by atoms with E-state index in [9.17, 15) is 4.79 Å². The van der Waals surface area contributed by atoms with Gasteiger partial charge in [-0.05, 0) is 49.1 Å². The normalized spacial score (nSPS) is 24.7. The summed E-state index contributed by atoms with van der Waals surface area (Å²) >= 11 is 0. The molecule has 1 aromatic rings. The summed E-state index contributed by atoms with van der Waals surface area (Å²) in [6, 6.07) is 2.00. The lowest BCUT2D eigenvalue weighted by atomic mass is 9.77. The van der Waals surface area contributed by atoms with E-state index in [2.05, 4.69) is 35.6 Å². The van der Waals surface area contributed by atoms with E-state index in [1.165, 1.54) is 44.2 Å². The van der Waals surface area contributed by atoms with Crippen LogP contribution >= 0.6 is 0 Å². The van der Waals surface area contributed by atoms with Crippen LogP contribution in [0.2, 0.25) is 0 Å². The molecular formula is C26H41N3O2. The van der Waals surface area contributed by atoms with Gasteiger partial charge in [0.2, 0.25) is 0 Å². The number of rotatable bonds is 7. The summed E-state index contributed by atoms with van der Waals surface area (Å²) in [5.74, 6) is 4.14. The fraction of sp³-hybridized carbons (Fsp3) is 0.769. The molecule has 4 rings (SSSR count). The van der Waals surface area contributed by atoms with E-state index in [4.69, 9.17) is 4.74 Å². The molecule has 31 heavy (non-hydrogen) atoms. The Morgan fingerprint density at radius 3 is 2.52 bits per heavy atom. The minimum Gasteiger partial charge on any atom is -0.493 e. The fourth-order valence-electron chi connectivity index (χ4n) is 5.63. The number of hydrogen-bond acceptors (Lipinski definition) is 5. The first kappa shape index (κ1) is 22.6. The summed E-state index contributed by atoms with van der Waals surface area (Å²) in [6.45, 7) is 12.9. The van der Waals surface area contributed by atoms with Crippen LogP contribution in [0.25, 0.3) is 0 Å². The van der Waals surface area contributed by atoms with Gasteiger partial charge in [-0.2, -0.15) is 0 Å². The molecule has 0 N–H and O–H groups in total. The van der Waals surface area contributed by atoms with Gasteiger partial charge in [0.25, 0.3) is 0 Å². The molecular weight excluding hydrogens is 386 g/mol. The molecule has 0 aromatic carbocycles. The Kier molecular flexibility index (Phi) is 7.20. The summed E-state index contributed by atoms with van der Waals surface area (Å²) in [5.41, 5.74) is 1.43. The number of ether oxygens (including phenoxy) is 1. The standard InChI is InChI=1S/C26H41N3O2/c1-26(2,3)19-22(30)18-21-6-4-20(5-7-21)9-12-28-13-15-29(16-14-28)25-23-10-17-31-24(23)8-11-27-25/h8,11,20-21H,4-7,9-10,12-19H2,1-3H3. The molecule has 0 unspecified atom stereocenters. The number of carbonyl (C=O) groups is 1. The lowest BCUT2D eigenvalue weighted by Gasteiger charge is -2.37. The van der Waals surface area contributed by atoms with Gasteiger partial charge in [-0.25, -0.2) is 4.98 Å². The van der Waals surface area contributed by atoms with Crippen molar-refractivity contribution in [3.63, 3.8) is 0 Å². The van der Waals surface area contributed by atoms with Gasteiger partial charge in [0.15, 0.2) is 0 Å². The maximum Gasteiger partial charge on any atom is 0.135 e. The Morgan fingerprint density at radius 1 is 1.10 bits per heavy atom. The van der Waals surface area contributed by atoms with E-state index >= 15 is 0 Å². The number of ketones is 1. The van der Waals surface area contributed by atoms with Crippen LogP contribution in [0.15, 0.2) is 12.3 Å². The van der Waals surface area contributed by atoms with Crippen LogP contribution in [0.3, 0.4) is 0 Å². The van der Waals surface area contributed by atoms with Crippen molar-refractivity contribution >= 4 is 11.6 Å². The quantitative estimate of drug-likeness (QED) is 0.629. The van der Waals surface area contributed by atoms with Gasteiger partial charge in [0.1, 0.15) is 17.4 Å². The van der Waals surface area contributed by atoms with Crippen LogP contribution in [0.4, 0.5) is 5.82 Å². The third kappa shape index (κ3) is 6.21. The highest BCUT2D eigenvalue weighted by Gasteiger charge is 2.27. The van der Waals surface area contributed by atoms with Gasteiger partial charge in [0.05, 0.1) is 6.61 Å². The third-order valence-electron chi connectivity index (χ3n) is 7.34. The first-order chi connectivity index (χ1) is 14.9. The van der Waals surface area contributed by atoms with Gasteiger partial charge in [-0.1, -0.05) is 33.6 Å². The summed E-state index contributed by atoms with van der Waals surface area (Å²) in [4.78, 5) is 22.1.